The van der Waals surface area contributed by atoms with Gasteiger partial charge in [0, 0.05) is 5.56 Å². The van der Waals surface area contributed by atoms with Crippen molar-refractivity contribution in [3.05, 3.63) is 59.2 Å². The number of rotatable bonds is 4. The van der Waals surface area contributed by atoms with E-state index in [1.165, 1.54) is 0 Å². The number of carbonyl (C=O) groups excluding carboxylic acids is 1. The van der Waals surface area contributed by atoms with E-state index in [1.807, 2.05) is 36.4 Å². The summed E-state index contributed by atoms with van der Waals surface area (Å²) in [5, 5.41) is 0. The minimum atomic E-state index is 0.471. The van der Waals surface area contributed by atoms with E-state index in [0.717, 1.165) is 36.0 Å². The molecule has 2 aromatic rings. The first kappa shape index (κ1) is 12.7. The molecular formula is C17H16O3. The molecule has 0 amide bonds. The van der Waals surface area contributed by atoms with Crippen molar-refractivity contribution in [3.8, 4) is 11.5 Å². The van der Waals surface area contributed by atoms with Gasteiger partial charge < -0.3 is 9.47 Å². The largest absolute Gasteiger partial charge is 0.489 e. The van der Waals surface area contributed by atoms with E-state index >= 15 is 0 Å². The molecule has 0 radical (unpaired) electrons. The van der Waals surface area contributed by atoms with Gasteiger partial charge in [-0.3, -0.25) is 4.79 Å². The molecule has 3 rings (SSSR count). The highest BCUT2D eigenvalue weighted by Crippen LogP contribution is 2.36. The zero-order valence-corrected chi connectivity index (χ0v) is 11.2. The van der Waals surface area contributed by atoms with Gasteiger partial charge in [-0.05, 0) is 36.1 Å². The lowest BCUT2D eigenvalue weighted by molar-refractivity contribution is 0.112. The highest BCUT2D eigenvalue weighted by molar-refractivity contribution is 5.77. The van der Waals surface area contributed by atoms with Crippen LogP contribution in [0.3, 0.4) is 0 Å². The van der Waals surface area contributed by atoms with Gasteiger partial charge in [0.25, 0.3) is 0 Å². The monoisotopic (exact) mass is 268 g/mol. The Labute approximate surface area is 118 Å². The topological polar surface area (TPSA) is 35.5 Å². The van der Waals surface area contributed by atoms with Gasteiger partial charge in [-0.1, -0.05) is 30.3 Å². The molecule has 0 saturated carbocycles. The first-order valence-corrected chi connectivity index (χ1v) is 6.78. The van der Waals surface area contributed by atoms with Crippen LogP contribution in [0, 0.1) is 0 Å². The fourth-order valence-electron chi connectivity index (χ4n) is 2.38. The van der Waals surface area contributed by atoms with Gasteiger partial charge in [0.2, 0.25) is 0 Å². The molecule has 0 aliphatic carbocycles. The summed E-state index contributed by atoms with van der Waals surface area (Å²) in [6, 6.07) is 13.6. The number of carbonyl (C=O) groups is 1. The molecule has 1 aliphatic rings. The number of fused-ring (bicyclic) bond motifs is 1. The normalized spacial score (nSPS) is 13.2. The third-order valence-corrected chi connectivity index (χ3v) is 3.36. The number of aryl methyl sites for hydroxylation is 1. The molecule has 0 aromatic heterocycles. The van der Waals surface area contributed by atoms with E-state index in [-0.39, 0.29) is 0 Å². The predicted octanol–water partition coefficient (Wildman–Crippen LogP) is 3.40. The van der Waals surface area contributed by atoms with Gasteiger partial charge >= 0.3 is 0 Å². The average molecular weight is 268 g/mol. The minimum absolute atomic E-state index is 0.471. The Bertz CT molecular complexity index is 605. The number of hydrogen-bond donors (Lipinski definition) is 0. The zero-order valence-electron chi connectivity index (χ0n) is 11.2. The number of aldehydes is 1. The molecule has 0 unspecified atom stereocenters. The second kappa shape index (κ2) is 5.78. The molecule has 102 valence electrons. The van der Waals surface area contributed by atoms with Crippen LogP contribution in [-0.2, 0) is 13.0 Å². The lowest BCUT2D eigenvalue weighted by Crippen LogP contribution is -2.11. The van der Waals surface area contributed by atoms with Crippen molar-refractivity contribution < 1.29 is 14.3 Å². The Hall–Kier alpha value is -2.29. The maximum absolute atomic E-state index is 11.0. The van der Waals surface area contributed by atoms with E-state index in [9.17, 15) is 4.79 Å². The van der Waals surface area contributed by atoms with Crippen molar-refractivity contribution >= 4 is 6.29 Å². The Kier molecular flexibility index (Phi) is 3.68. The summed E-state index contributed by atoms with van der Waals surface area (Å²) in [5.74, 6) is 1.45. The predicted molar refractivity (Wildman–Crippen MR) is 76.4 cm³/mol. The van der Waals surface area contributed by atoms with E-state index in [1.54, 1.807) is 6.07 Å². The van der Waals surface area contributed by atoms with Crippen LogP contribution in [0.5, 0.6) is 11.5 Å². The SMILES string of the molecule is O=Cc1cc2c(c(OCc3ccccc3)c1)OCCC2. The fraction of sp³-hybridized carbons (Fsp3) is 0.235. The summed E-state index contributed by atoms with van der Waals surface area (Å²) in [7, 11) is 0. The fourth-order valence-corrected chi connectivity index (χ4v) is 2.38. The molecule has 1 aliphatic heterocycles. The Balaban J connectivity index is 1.86. The number of benzene rings is 2. The summed E-state index contributed by atoms with van der Waals surface area (Å²) < 4.78 is 11.6. The molecule has 0 N–H and O–H groups in total. The van der Waals surface area contributed by atoms with E-state index in [4.69, 9.17) is 9.47 Å². The van der Waals surface area contributed by atoms with E-state index in [0.29, 0.717) is 24.5 Å². The zero-order chi connectivity index (χ0) is 13.8. The second-order valence-corrected chi connectivity index (χ2v) is 4.85. The first-order valence-electron chi connectivity index (χ1n) is 6.78. The van der Waals surface area contributed by atoms with Crippen molar-refractivity contribution in [1.29, 1.82) is 0 Å². The van der Waals surface area contributed by atoms with Crippen LogP contribution in [0.1, 0.15) is 27.9 Å². The van der Waals surface area contributed by atoms with Crippen LogP contribution in [0.4, 0.5) is 0 Å². The summed E-state index contributed by atoms with van der Waals surface area (Å²) in [4.78, 5) is 11.0. The molecule has 0 saturated heterocycles. The molecule has 1 heterocycles. The van der Waals surface area contributed by atoms with Crippen LogP contribution in [0.25, 0.3) is 0 Å². The number of ether oxygens (including phenoxy) is 2. The Morgan fingerprint density at radius 2 is 2.05 bits per heavy atom. The van der Waals surface area contributed by atoms with Gasteiger partial charge in [0.05, 0.1) is 6.61 Å². The van der Waals surface area contributed by atoms with Crippen LogP contribution in [0.2, 0.25) is 0 Å². The molecular weight excluding hydrogens is 252 g/mol. The molecule has 20 heavy (non-hydrogen) atoms. The van der Waals surface area contributed by atoms with Gasteiger partial charge in [0.1, 0.15) is 12.9 Å². The maximum Gasteiger partial charge on any atom is 0.164 e. The quantitative estimate of drug-likeness (QED) is 0.797. The van der Waals surface area contributed by atoms with Crippen molar-refractivity contribution in [2.45, 2.75) is 19.4 Å². The van der Waals surface area contributed by atoms with Crippen LogP contribution in [-0.4, -0.2) is 12.9 Å². The van der Waals surface area contributed by atoms with Crippen LogP contribution < -0.4 is 9.47 Å². The van der Waals surface area contributed by atoms with Gasteiger partial charge in [0.15, 0.2) is 11.5 Å². The van der Waals surface area contributed by atoms with Crippen molar-refractivity contribution in [1.82, 2.24) is 0 Å². The molecule has 3 nitrogen and oxygen atoms in total. The van der Waals surface area contributed by atoms with E-state index in [2.05, 4.69) is 0 Å². The van der Waals surface area contributed by atoms with Gasteiger partial charge in [-0.25, -0.2) is 0 Å². The van der Waals surface area contributed by atoms with Crippen molar-refractivity contribution in [3.63, 3.8) is 0 Å². The molecule has 0 bridgehead atoms. The maximum atomic E-state index is 11.0. The second-order valence-electron chi connectivity index (χ2n) is 4.85. The number of hydrogen-bond acceptors (Lipinski definition) is 3. The lowest BCUT2D eigenvalue weighted by atomic mass is 10.0. The van der Waals surface area contributed by atoms with Gasteiger partial charge in [-0.15, -0.1) is 0 Å². The van der Waals surface area contributed by atoms with Crippen LogP contribution >= 0.6 is 0 Å². The van der Waals surface area contributed by atoms with Gasteiger partial charge in [-0.2, -0.15) is 0 Å². The highest BCUT2D eigenvalue weighted by atomic mass is 16.5. The third-order valence-electron chi connectivity index (χ3n) is 3.36. The Morgan fingerprint density at radius 3 is 2.85 bits per heavy atom. The molecule has 2 aromatic carbocycles. The molecule has 0 atom stereocenters. The third kappa shape index (κ3) is 2.67. The minimum Gasteiger partial charge on any atom is -0.489 e. The molecule has 0 spiro atoms. The molecule has 0 fully saturated rings. The van der Waals surface area contributed by atoms with Crippen molar-refractivity contribution in [2.24, 2.45) is 0 Å². The summed E-state index contributed by atoms with van der Waals surface area (Å²) in [6.07, 6.45) is 2.76. The average Bonchev–Trinajstić information content (AvgIpc) is 2.53. The van der Waals surface area contributed by atoms with Crippen molar-refractivity contribution in [2.75, 3.05) is 6.61 Å². The Morgan fingerprint density at radius 1 is 1.20 bits per heavy atom. The first-order chi connectivity index (χ1) is 9.86. The highest BCUT2D eigenvalue weighted by Gasteiger charge is 2.17. The van der Waals surface area contributed by atoms with Crippen LogP contribution in [0.15, 0.2) is 42.5 Å². The standard InChI is InChI=1S/C17H16O3/c18-11-14-9-15-7-4-8-19-17(15)16(10-14)20-12-13-5-2-1-3-6-13/h1-3,5-6,9-11H,4,7-8,12H2. The molecule has 3 heteroatoms. The van der Waals surface area contributed by atoms with E-state index < -0.39 is 0 Å². The lowest BCUT2D eigenvalue weighted by Gasteiger charge is -2.21. The summed E-state index contributed by atoms with van der Waals surface area (Å²) >= 11 is 0. The summed E-state index contributed by atoms with van der Waals surface area (Å²) in [5.41, 5.74) is 2.79. The summed E-state index contributed by atoms with van der Waals surface area (Å²) in [6.45, 7) is 1.17. The smallest absolute Gasteiger partial charge is 0.164 e.